The van der Waals surface area contributed by atoms with E-state index in [2.05, 4.69) is 25.6 Å². The maximum Gasteiger partial charge on any atom is 0.241 e. The highest BCUT2D eigenvalue weighted by molar-refractivity contribution is 5.91. The zero-order valence-corrected chi connectivity index (χ0v) is 15.0. The highest BCUT2D eigenvalue weighted by atomic mass is 16.5. The molecule has 0 aliphatic carbocycles. The van der Waals surface area contributed by atoms with Crippen molar-refractivity contribution in [3.63, 3.8) is 0 Å². The van der Waals surface area contributed by atoms with E-state index < -0.39 is 0 Å². The third-order valence-electron chi connectivity index (χ3n) is 4.85. The molecule has 2 N–H and O–H groups in total. The Morgan fingerprint density at radius 2 is 2.15 bits per heavy atom. The third kappa shape index (κ3) is 2.97. The van der Waals surface area contributed by atoms with Crippen LogP contribution in [-0.4, -0.2) is 44.3 Å². The summed E-state index contributed by atoms with van der Waals surface area (Å²) in [6.45, 7) is 1.49. The molecule has 4 aromatic rings. The van der Waals surface area contributed by atoms with Gasteiger partial charge in [-0.3, -0.25) is 14.8 Å². The Labute approximate surface area is 155 Å². The second-order valence-corrected chi connectivity index (χ2v) is 6.69. The van der Waals surface area contributed by atoms with Gasteiger partial charge in [0.05, 0.1) is 29.6 Å². The smallest absolute Gasteiger partial charge is 0.241 e. The van der Waals surface area contributed by atoms with E-state index in [4.69, 9.17) is 9.47 Å². The van der Waals surface area contributed by atoms with Gasteiger partial charge in [0.15, 0.2) is 5.82 Å². The number of aryl methyl sites for hydroxylation is 1. The van der Waals surface area contributed by atoms with Gasteiger partial charge in [0.2, 0.25) is 5.88 Å². The molecule has 8 nitrogen and oxygen atoms in total. The van der Waals surface area contributed by atoms with Crippen molar-refractivity contribution in [1.82, 2.24) is 25.0 Å². The SMILES string of the molecule is Cn1nc(OC2CCOCC2)c2ccc(Nc3n[nH]c4cccnc34)cc21. The van der Waals surface area contributed by atoms with Crippen molar-refractivity contribution < 1.29 is 9.47 Å². The molecule has 1 aromatic carbocycles. The van der Waals surface area contributed by atoms with Crippen LogP contribution in [0, 0.1) is 0 Å². The lowest BCUT2D eigenvalue weighted by Gasteiger charge is -2.22. The first-order valence-corrected chi connectivity index (χ1v) is 9.05. The molecule has 1 aliphatic heterocycles. The van der Waals surface area contributed by atoms with Crippen molar-refractivity contribution in [3.8, 4) is 5.88 Å². The van der Waals surface area contributed by atoms with Crippen molar-refractivity contribution in [2.45, 2.75) is 18.9 Å². The summed E-state index contributed by atoms with van der Waals surface area (Å²) in [5.74, 6) is 1.38. The number of nitrogens with zero attached hydrogens (tertiary/aromatic N) is 4. The summed E-state index contributed by atoms with van der Waals surface area (Å²) in [5, 5.41) is 16.2. The molecule has 1 aliphatic rings. The van der Waals surface area contributed by atoms with Crippen molar-refractivity contribution in [3.05, 3.63) is 36.5 Å². The molecule has 27 heavy (non-hydrogen) atoms. The second kappa shape index (κ2) is 6.55. The Bertz CT molecular complexity index is 1100. The van der Waals surface area contributed by atoms with E-state index in [0.717, 1.165) is 53.7 Å². The zero-order valence-electron chi connectivity index (χ0n) is 15.0. The summed E-state index contributed by atoms with van der Waals surface area (Å²) in [6, 6.07) is 9.91. The fourth-order valence-electron chi connectivity index (χ4n) is 3.42. The van der Waals surface area contributed by atoms with Crippen molar-refractivity contribution in [2.75, 3.05) is 18.5 Å². The molecule has 3 aromatic heterocycles. The second-order valence-electron chi connectivity index (χ2n) is 6.69. The topological polar surface area (TPSA) is 89.9 Å². The number of hydrogen-bond donors (Lipinski definition) is 2. The van der Waals surface area contributed by atoms with Crippen LogP contribution in [0.3, 0.4) is 0 Å². The van der Waals surface area contributed by atoms with Gasteiger partial charge in [0.25, 0.3) is 0 Å². The van der Waals surface area contributed by atoms with E-state index in [1.54, 1.807) is 6.20 Å². The minimum atomic E-state index is 0.163. The Morgan fingerprint density at radius 3 is 3.04 bits per heavy atom. The van der Waals surface area contributed by atoms with E-state index in [0.29, 0.717) is 11.7 Å². The first-order valence-electron chi connectivity index (χ1n) is 9.05. The molecule has 8 heteroatoms. The number of aromatic amines is 1. The molecule has 0 bridgehead atoms. The zero-order chi connectivity index (χ0) is 18.2. The number of fused-ring (bicyclic) bond motifs is 2. The van der Waals surface area contributed by atoms with Gasteiger partial charge in [0, 0.05) is 31.8 Å². The average Bonchev–Trinajstić information content (AvgIpc) is 3.24. The van der Waals surface area contributed by atoms with Crippen LogP contribution < -0.4 is 10.1 Å². The monoisotopic (exact) mass is 364 g/mol. The number of nitrogens with one attached hydrogen (secondary N) is 2. The largest absolute Gasteiger partial charge is 0.473 e. The van der Waals surface area contributed by atoms with E-state index in [1.165, 1.54) is 0 Å². The summed E-state index contributed by atoms with van der Waals surface area (Å²) < 4.78 is 13.4. The fraction of sp³-hybridized carbons (Fsp3) is 0.316. The van der Waals surface area contributed by atoms with Crippen LogP contribution in [0.4, 0.5) is 11.5 Å². The average molecular weight is 364 g/mol. The molecular formula is C19H20N6O2. The predicted molar refractivity (Wildman–Crippen MR) is 102 cm³/mol. The number of pyridine rings is 1. The van der Waals surface area contributed by atoms with Gasteiger partial charge in [-0.2, -0.15) is 5.10 Å². The molecule has 5 rings (SSSR count). The molecule has 0 amide bonds. The van der Waals surface area contributed by atoms with Gasteiger partial charge in [-0.1, -0.05) is 0 Å². The van der Waals surface area contributed by atoms with Crippen LogP contribution >= 0.6 is 0 Å². The highest BCUT2D eigenvalue weighted by Gasteiger charge is 2.19. The highest BCUT2D eigenvalue weighted by Crippen LogP contribution is 2.30. The predicted octanol–water partition coefficient (Wildman–Crippen LogP) is 3.15. The number of aromatic nitrogens is 5. The quantitative estimate of drug-likeness (QED) is 0.578. The Morgan fingerprint density at radius 1 is 1.26 bits per heavy atom. The van der Waals surface area contributed by atoms with E-state index in [-0.39, 0.29) is 6.10 Å². The molecular weight excluding hydrogens is 344 g/mol. The van der Waals surface area contributed by atoms with Crippen LogP contribution in [0.25, 0.3) is 21.9 Å². The molecule has 138 valence electrons. The maximum atomic E-state index is 6.13. The number of rotatable bonds is 4. The molecule has 4 heterocycles. The van der Waals surface area contributed by atoms with Crippen LogP contribution in [-0.2, 0) is 11.8 Å². The van der Waals surface area contributed by atoms with Crippen LogP contribution in [0.2, 0.25) is 0 Å². The summed E-state index contributed by atoms with van der Waals surface area (Å²) in [5.41, 5.74) is 3.62. The van der Waals surface area contributed by atoms with Gasteiger partial charge in [-0.05, 0) is 30.3 Å². The first-order chi connectivity index (χ1) is 13.3. The minimum Gasteiger partial charge on any atom is -0.473 e. The van der Waals surface area contributed by atoms with Crippen LogP contribution in [0.1, 0.15) is 12.8 Å². The van der Waals surface area contributed by atoms with Crippen LogP contribution in [0.5, 0.6) is 5.88 Å². The van der Waals surface area contributed by atoms with E-state index in [1.807, 2.05) is 42.1 Å². The first kappa shape index (κ1) is 16.1. The fourth-order valence-corrected chi connectivity index (χ4v) is 3.42. The van der Waals surface area contributed by atoms with Gasteiger partial charge in [0.1, 0.15) is 11.6 Å². The molecule has 0 spiro atoms. The number of ether oxygens (including phenoxy) is 2. The van der Waals surface area contributed by atoms with Gasteiger partial charge in [-0.15, -0.1) is 5.10 Å². The number of benzene rings is 1. The Kier molecular flexibility index (Phi) is 3.90. The normalized spacial score (nSPS) is 15.4. The lowest BCUT2D eigenvalue weighted by atomic mass is 10.1. The molecule has 1 fully saturated rings. The molecule has 0 unspecified atom stereocenters. The minimum absolute atomic E-state index is 0.163. The molecule has 0 radical (unpaired) electrons. The van der Waals surface area contributed by atoms with Gasteiger partial charge >= 0.3 is 0 Å². The third-order valence-corrected chi connectivity index (χ3v) is 4.85. The molecule has 0 atom stereocenters. The number of anilines is 2. The standard InChI is InChI=1S/C19H20N6O2/c1-25-16-11-12(21-18-17-15(22-23-18)3-2-8-20-17)4-5-14(16)19(24-25)27-13-6-9-26-10-7-13/h2-5,8,11,13H,6-7,9-10H2,1H3,(H2,21,22,23). The number of H-pyrrole nitrogens is 1. The van der Waals surface area contributed by atoms with Crippen molar-refractivity contribution >= 4 is 33.4 Å². The van der Waals surface area contributed by atoms with E-state index >= 15 is 0 Å². The van der Waals surface area contributed by atoms with Crippen molar-refractivity contribution in [2.24, 2.45) is 7.05 Å². The van der Waals surface area contributed by atoms with E-state index in [9.17, 15) is 0 Å². The summed E-state index contributed by atoms with van der Waals surface area (Å²) >= 11 is 0. The number of hydrogen-bond acceptors (Lipinski definition) is 6. The summed E-state index contributed by atoms with van der Waals surface area (Å²) in [6.07, 6.45) is 3.72. The van der Waals surface area contributed by atoms with Crippen LogP contribution in [0.15, 0.2) is 36.5 Å². The van der Waals surface area contributed by atoms with Crippen molar-refractivity contribution in [1.29, 1.82) is 0 Å². The summed E-state index contributed by atoms with van der Waals surface area (Å²) in [7, 11) is 1.93. The lowest BCUT2D eigenvalue weighted by molar-refractivity contribution is 0.0241. The van der Waals surface area contributed by atoms with Gasteiger partial charge < -0.3 is 14.8 Å². The summed E-state index contributed by atoms with van der Waals surface area (Å²) in [4.78, 5) is 4.38. The molecule has 1 saturated heterocycles. The molecule has 0 saturated carbocycles. The lowest BCUT2D eigenvalue weighted by Crippen LogP contribution is -2.26. The Hall–Kier alpha value is -3.13. The Balaban J connectivity index is 1.44. The van der Waals surface area contributed by atoms with Gasteiger partial charge in [-0.25, -0.2) is 0 Å². The maximum absolute atomic E-state index is 6.13.